The van der Waals surface area contributed by atoms with Crippen LogP contribution in [-0.4, -0.2) is 86.7 Å². The van der Waals surface area contributed by atoms with Crippen LogP contribution in [0.15, 0.2) is 10.6 Å². The largest absolute Gasteiger partial charge is 0.329 e. The number of fused-ring (bicyclic) bond motifs is 11. The maximum Gasteiger partial charge on any atom is 0.0533 e. The van der Waals surface area contributed by atoms with E-state index in [1.807, 2.05) is 0 Å². The van der Waals surface area contributed by atoms with Gasteiger partial charge >= 0.3 is 0 Å². The molecular formula is C19H38N6. The van der Waals surface area contributed by atoms with E-state index in [2.05, 4.69) is 32.9 Å². The van der Waals surface area contributed by atoms with Gasteiger partial charge in [-0.05, 0) is 43.7 Å². The van der Waals surface area contributed by atoms with Gasteiger partial charge in [-0.2, -0.15) is 0 Å². The molecule has 3 rings (SSSR count). The normalized spacial score (nSPS) is 32.5. The van der Waals surface area contributed by atoms with Crippen molar-refractivity contribution in [2.45, 2.75) is 44.6 Å². The first-order chi connectivity index (χ1) is 12.1. The second kappa shape index (κ2) is 11.1. The minimum absolute atomic E-state index is 0.347. The monoisotopic (exact) mass is 350 g/mol. The number of piperazine rings is 1. The third-order valence-corrected chi connectivity index (χ3v) is 5.30. The fraction of sp³-hybridized carbons (Fsp3) is 0.895. The van der Waals surface area contributed by atoms with Crippen molar-refractivity contribution in [1.82, 2.24) is 15.1 Å². The average Bonchev–Trinajstić information content (AvgIpc) is 2.62. The van der Waals surface area contributed by atoms with E-state index >= 15 is 0 Å². The Balaban J connectivity index is 2.00. The van der Waals surface area contributed by atoms with Crippen molar-refractivity contribution in [3.8, 4) is 0 Å². The van der Waals surface area contributed by atoms with Crippen LogP contribution in [0.1, 0.15) is 39.0 Å². The highest BCUT2D eigenvalue weighted by Crippen LogP contribution is 2.10. The first-order valence-electron chi connectivity index (χ1n) is 10.1. The van der Waals surface area contributed by atoms with Crippen LogP contribution < -0.4 is 16.8 Å². The molecule has 0 spiro atoms. The van der Waals surface area contributed by atoms with Crippen molar-refractivity contribution in [3.63, 3.8) is 0 Å². The maximum atomic E-state index is 6.58. The molecule has 1 atom stereocenters. The van der Waals surface area contributed by atoms with Crippen molar-refractivity contribution in [3.05, 3.63) is 5.57 Å². The van der Waals surface area contributed by atoms with Gasteiger partial charge in [-0.1, -0.05) is 13.3 Å². The molecule has 0 aliphatic carbocycles. The van der Waals surface area contributed by atoms with Crippen molar-refractivity contribution in [2.24, 2.45) is 16.5 Å². The smallest absolute Gasteiger partial charge is 0.0533 e. The number of aliphatic imine (C=N–C) groups is 1. The summed E-state index contributed by atoms with van der Waals surface area (Å²) in [5.41, 5.74) is 13.6. The minimum Gasteiger partial charge on any atom is -0.329 e. The quantitative estimate of drug-likeness (QED) is 0.685. The molecule has 1 unspecified atom stereocenters. The SMILES string of the molecule is CCCCC1=C=NCCCN2CCN(CC2)CC(N)(CN)CNCC1. The standard InChI is InChI=1S/C19H38N6/c1-2-3-5-18-6-8-23-16-19(21,15-20)17-25-12-10-24(11-13-25)9-4-7-22-14-18/h23H,2-13,15-17,20-21H2,1H3. The maximum absolute atomic E-state index is 6.58. The van der Waals surface area contributed by atoms with E-state index in [-0.39, 0.29) is 5.54 Å². The van der Waals surface area contributed by atoms with E-state index < -0.39 is 0 Å². The van der Waals surface area contributed by atoms with Gasteiger partial charge < -0.3 is 21.7 Å². The Hall–Kier alpha value is -0.750. The van der Waals surface area contributed by atoms with E-state index in [9.17, 15) is 0 Å². The van der Waals surface area contributed by atoms with E-state index in [0.29, 0.717) is 6.54 Å². The second-order valence-electron chi connectivity index (χ2n) is 7.67. The third kappa shape index (κ3) is 7.57. The van der Waals surface area contributed by atoms with Crippen molar-refractivity contribution < 1.29 is 0 Å². The average molecular weight is 351 g/mol. The van der Waals surface area contributed by atoms with E-state index in [1.165, 1.54) is 18.4 Å². The lowest BCUT2D eigenvalue weighted by atomic mass is 9.99. The lowest BCUT2D eigenvalue weighted by Gasteiger charge is -2.40. The number of hydrogen-bond donors (Lipinski definition) is 3. The number of rotatable bonds is 4. The molecule has 0 saturated carbocycles. The van der Waals surface area contributed by atoms with Crippen LogP contribution in [0.25, 0.3) is 0 Å². The van der Waals surface area contributed by atoms with Crippen LogP contribution in [-0.2, 0) is 0 Å². The zero-order chi connectivity index (χ0) is 18.0. The first kappa shape index (κ1) is 20.6. The Kier molecular flexibility index (Phi) is 9.10. The Morgan fingerprint density at radius 1 is 1.20 bits per heavy atom. The topological polar surface area (TPSA) is 82.9 Å². The molecule has 0 aromatic carbocycles. The van der Waals surface area contributed by atoms with E-state index in [1.54, 1.807) is 0 Å². The number of nitrogens with zero attached hydrogens (tertiary/aromatic N) is 3. The zero-order valence-corrected chi connectivity index (χ0v) is 16.1. The molecular weight excluding hydrogens is 312 g/mol. The summed E-state index contributed by atoms with van der Waals surface area (Å²) in [5.74, 6) is 3.33. The van der Waals surface area contributed by atoms with Crippen molar-refractivity contribution in [2.75, 3.05) is 65.4 Å². The molecule has 6 heteroatoms. The predicted octanol–water partition coefficient (Wildman–Crippen LogP) is 0.430. The van der Waals surface area contributed by atoms with Gasteiger partial charge in [-0.15, -0.1) is 0 Å². The second-order valence-corrected chi connectivity index (χ2v) is 7.67. The van der Waals surface area contributed by atoms with Crippen LogP contribution in [0.3, 0.4) is 0 Å². The van der Waals surface area contributed by atoms with Gasteiger partial charge in [-0.3, -0.25) is 4.90 Å². The molecule has 0 amide bonds. The summed E-state index contributed by atoms with van der Waals surface area (Å²) in [6.07, 6.45) is 5.65. The molecule has 0 aromatic heterocycles. The number of nitrogens with one attached hydrogen (secondary N) is 1. The summed E-state index contributed by atoms with van der Waals surface area (Å²) in [7, 11) is 0. The molecule has 3 aliphatic rings. The first-order valence-corrected chi connectivity index (χ1v) is 10.1. The molecule has 3 aliphatic heterocycles. The number of nitrogens with two attached hydrogens (primary N) is 2. The molecule has 2 bridgehead atoms. The molecule has 3 heterocycles. The Morgan fingerprint density at radius 3 is 2.68 bits per heavy atom. The lowest BCUT2D eigenvalue weighted by Crippen LogP contribution is -2.62. The predicted molar refractivity (Wildman–Crippen MR) is 106 cm³/mol. The fourth-order valence-corrected chi connectivity index (χ4v) is 3.55. The van der Waals surface area contributed by atoms with Crippen LogP contribution in [0.4, 0.5) is 0 Å². The molecule has 0 aromatic rings. The summed E-state index contributed by atoms with van der Waals surface area (Å²) in [6.45, 7) is 11.8. The number of hydrogen-bond acceptors (Lipinski definition) is 6. The molecule has 1 saturated heterocycles. The van der Waals surface area contributed by atoms with Crippen molar-refractivity contribution in [1.29, 1.82) is 0 Å². The molecule has 25 heavy (non-hydrogen) atoms. The molecule has 144 valence electrons. The highest BCUT2D eigenvalue weighted by Gasteiger charge is 2.28. The summed E-state index contributed by atoms with van der Waals surface area (Å²) in [6, 6.07) is 0. The summed E-state index contributed by atoms with van der Waals surface area (Å²) in [5, 5.41) is 3.53. The Bertz CT molecular complexity index is 437. The van der Waals surface area contributed by atoms with Crippen LogP contribution in [0.2, 0.25) is 0 Å². The summed E-state index contributed by atoms with van der Waals surface area (Å²) >= 11 is 0. The van der Waals surface area contributed by atoms with Gasteiger partial charge in [0.25, 0.3) is 0 Å². The molecule has 1 fully saturated rings. The van der Waals surface area contributed by atoms with Gasteiger partial charge in [0, 0.05) is 58.9 Å². The van der Waals surface area contributed by atoms with Crippen molar-refractivity contribution >= 4 is 5.87 Å². The van der Waals surface area contributed by atoms with Crippen LogP contribution >= 0.6 is 0 Å². The van der Waals surface area contributed by atoms with Gasteiger partial charge in [0.2, 0.25) is 0 Å². The Morgan fingerprint density at radius 2 is 1.96 bits per heavy atom. The lowest BCUT2D eigenvalue weighted by molar-refractivity contribution is 0.110. The molecule has 6 nitrogen and oxygen atoms in total. The van der Waals surface area contributed by atoms with Gasteiger partial charge in [0.1, 0.15) is 0 Å². The minimum atomic E-state index is -0.347. The molecule has 5 N–H and O–H groups in total. The fourth-order valence-electron chi connectivity index (χ4n) is 3.55. The zero-order valence-electron chi connectivity index (χ0n) is 16.1. The van der Waals surface area contributed by atoms with Gasteiger partial charge in [-0.25, -0.2) is 4.99 Å². The Labute approximate surface area is 153 Å². The summed E-state index contributed by atoms with van der Waals surface area (Å²) in [4.78, 5) is 9.58. The van der Waals surface area contributed by atoms with Gasteiger partial charge in [0.05, 0.1) is 5.54 Å². The highest BCUT2D eigenvalue weighted by molar-refractivity contribution is 5.57. The highest BCUT2D eigenvalue weighted by atomic mass is 15.3. The van der Waals surface area contributed by atoms with Crippen LogP contribution in [0, 0.1) is 0 Å². The van der Waals surface area contributed by atoms with Gasteiger partial charge in [0.15, 0.2) is 0 Å². The number of unbranched alkanes of at least 4 members (excludes halogenated alkanes) is 1. The summed E-state index contributed by atoms with van der Waals surface area (Å²) < 4.78 is 0. The van der Waals surface area contributed by atoms with E-state index in [0.717, 1.165) is 78.2 Å². The molecule has 0 radical (unpaired) electrons. The third-order valence-electron chi connectivity index (χ3n) is 5.30. The van der Waals surface area contributed by atoms with Crippen LogP contribution in [0.5, 0.6) is 0 Å². The van der Waals surface area contributed by atoms with E-state index in [4.69, 9.17) is 11.5 Å².